The van der Waals surface area contributed by atoms with E-state index in [1.807, 2.05) is 0 Å². The maximum absolute atomic E-state index is 15.6. The van der Waals surface area contributed by atoms with Crippen LogP contribution in [-0.2, 0) is 15.9 Å². The molecule has 3 atom stereocenters. The molecule has 4 rings (SSSR count). The summed E-state index contributed by atoms with van der Waals surface area (Å²) in [7, 11) is -3.44. The van der Waals surface area contributed by atoms with Crippen molar-refractivity contribution in [2.75, 3.05) is 11.6 Å². The summed E-state index contributed by atoms with van der Waals surface area (Å²) in [5.41, 5.74) is -1.20. The predicted octanol–water partition coefficient (Wildman–Crippen LogP) is 4.68. The molecule has 36 heavy (non-hydrogen) atoms. The highest BCUT2D eigenvalue weighted by Gasteiger charge is 2.49. The Hall–Kier alpha value is -2.92. The van der Waals surface area contributed by atoms with Gasteiger partial charge in [0.05, 0.1) is 17.5 Å². The van der Waals surface area contributed by atoms with E-state index in [4.69, 9.17) is 0 Å². The van der Waals surface area contributed by atoms with Crippen LogP contribution in [0.2, 0.25) is 0 Å². The Balaban J connectivity index is 1.55. The molecule has 194 valence electrons. The third kappa shape index (κ3) is 5.27. The molecule has 6 nitrogen and oxygen atoms in total. The lowest BCUT2D eigenvalue weighted by molar-refractivity contribution is -0.0141. The van der Waals surface area contributed by atoms with Crippen LogP contribution < -0.4 is 10.0 Å². The minimum absolute atomic E-state index is 0.195. The fraction of sp³-hybridized carbons (Fsp3) is 0.400. The van der Waals surface area contributed by atoms with Gasteiger partial charge in [-0.2, -0.15) is 8.78 Å². The molecule has 2 aromatic rings. The molecule has 2 N–H and O–H groups in total. The molecule has 2 aliphatic rings. The average Bonchev–Trinajstić information content (AvgIpc) is 3.04. The molecule has 11 heteroatoms. The molecule has 2 heterocycles. The van der Waals surface area contributed by atoms with Crippen molar-refractivity contribution < 1.29 is 30.8 Å². The Morgan fingerprint density at radius 2 is 1.67 bits per heavy atom. The van der Waals surface area contributed by atoms with Crippen LogP contribution in [0.1, 0.15) is 47.2 Å². The fourth-order valence-electron chi connectivity index (χ4n) is 5.17. The van der Waals surface area contributed by atoms with Crippen LogP contribution in [0.4, 0.5) is 23.2 Å². The second kappa shape index (κ2) is 9.51. The van der Waals surface area contributed by atoms with E-state index in [0.29, 0.717) is 31.2 Å². The number of hydrogen-bond acceptors (Lipinski definition) is 4. The SMILES string of the molecule is C=C(N1C2CC[C@@H]1CC(NS(C)(=O)=O)C2)C(F)(F)c1cc(C(=O)Nc2ccc(F)c(C)c2)ccc1F. The van der Waals surface area contributed by atoms with E-state index in [1.165, 1.54) is 30.0 Å². The van der Waals surface area contributed by atoms with Gasteiger partial charge >= 0.3 is 5.92 Å². The number of piperidine rings is 1. The quantitative estimate of drug-likeness (QED) is 0.515. The van der Waals surface area contributed by atoms with Crippen molar-refractivity contribution in [1.82, 2.24) is 9.62 Å². The summed E-state index contributed by atoms with van der Waals surface area (Å²) < 4.78 is 85.2. The molecular weight excluding hydrogens is 498 g/mol. The molecule has 0 spiro atoms. The van der Waals surface area contributed by atoms with Crippen molar-refractivity contribution in [3.63, 3.8) is 0 Å². The highest BCUT2D eigenvalue weighted by Crippen LogP contribution is 2.46. The second-order valence-corrected chi connectivity index (χ2v) is 11.3. The van der Waals surface area contributed by atoms with Gasteiger partial charge in [0.2, 0.25) is 10.0 Å². The number of nitrogens with one attached hydrogen (secondary N) is 2. The van der Waals surface area contributed by atoms with Crippen molar-refractivity contribution in [3.8, 4) is 0 Å². The third-order valence-corrected chi connectivity index (χ3v) is 7.53. The van der Waals surface area contributed by atoms with E-state index in [-0.39, 0.29) is 29.4 Å². The van der Waals surface area contributed by atoms with Crippen LogP contribution in [0.5, 0.6) is 0 Å². The Morgan fingerprint density at radius 1 is 1.06 bits per heavy atom. The number of amides is 1. The first-order valence-corrected chi connectivity index (χ1v) is 13.4. The normalized spacial score (nSPS) is 21.9. The van der Waals surface area contributed by atoms with Crippen molar-refractivity contribution in [3.05, 3.63) is 77.0 Å². The van der Waals surface area contributed by atoms with Gasteiger partial charge in [0.15, 0.2) is 0 Å². The van der Waals surface area contributed by atoms with Gasteiger partial charge in [-0.3, -0.25) is 4.79 Å². The molecule has 2 bridgehead atoms. The molecule has 2 unspecified atom stereocenters. The monoisotopic (exact) mass is 525 g/mol. The van der Waals surface area contributed by atoms with Crippen LogP contribution in [-0.4, -0.2) is 43.6 Å². The molecule has 2 aliphatic heterocycles. The summed E-state index contributed by atoms with van der Waals surface area (Å²) in [6.07, 6.45) is 2.90. The number of fused-ring (bicyclic) bond motifs is 2. The highest BCUT2D eigenvalue weighted by atomic mass is 32.2. The molecular formula is C25H27F4N3O3S. The van der Waals surface area contributed by atoms with E-state index < -0.39 is 44.7 Å². The molecule has 0 radical (unpaired) electrons. The van der Waals surface area contributed by atoms with Crippen LogP contribution in [0.25, 0.3) is 0 Å². The number of alkyl halides is 2. The van der Waals surface area contributed by atoms with Gasteiger partial charge in [-0.05, 0) is 74.6 Å². The van der Waals surface area contributed by atoms with Crippen molar-refractivity contribution in [2.24, 2.45) is 0 Å². The fourth-order valence-corrected chi connectivity index (χ4v) is 5.97. The maximum atomic E-state index is 15.6. The predicted molar refractivity (Wildman–Crippen MR) is 128 cm³/mol. The van der Waals surface area contributed by atoms with Gasteiger partial charge in [0.1, 0.15) is 11.6 Å². The summed E-state index contributed by atoms with van der Waals surface area (Å²) in [6, 6.07) is 5.50. The lowest BCUT2D eigenvalue weighted by atomic mass is 9.94. The summed E-state index contributed by atoms with van der Waals surface area (Å²) in [6.45, 7) is 5.12. The number of sulfonamides is 1. The molecule has 0 saturated carbocycles. The summed E-state index contributed by atoms with van der Waals surface area (Å²) in [5.74, 6) is -6.21. The summed E-state index contributed by atoms with van der Waals surface area (Å²) >= 11 is 0. The lowest BCUT2D eigenvalue weighted by Gasteiger charge is -2.43. The van der Waals surface area contributed by atoms with Crippen LogP contribution in [0.15, 0.2) is 48.7 Å². The maximum Gasteiger partial charge on any atom is 0.314 e. The number of hydrogen-bond donors (Lipinski definition) is 2. The van der Waals surface area contributed by atoms with Crippen molar-refractivity contribution in [2.45, 2.75) is 56.7 Å². The molecule has 0 aliphatic carbocycles. The minimum Gasteiger partial charge on any atom is -0.364 e. The van der Waals surface area contributed by atoms with Gasteiger partial charge in [-0.1, -0.05) is 6.58 Å². The molecule has 2 aromatic carbocycles. The van der Waals surface area contributed by atoms with Gasteiger partial charge in [0, 0.05) is 29.4 Å². The summed E-state index contributed by atoms with van der Waals surface area (Å²) in [4.78, 5) is 14.2. The number of nitrogens with zero attached hydrogens (tertiary/aromatic N) is 1. The van der Waals surface area contributed by atoms with E-state index >= 15 is 8.78 Å². The largest absolute Gasteiger partial charge is 0.364 e. The lowest BCUT2D eigenvalue weighted by Crippen LogP contribution is -2.51. The Morgan fingerprint density at radius 3 is 2.25 bits per heavy atom. The van der Waals surface area contributed by atoms with Gasteiger partial charge in [-0.15, -0.1) is 0 Å². The van der Waals surface area contributed by atoms with E-state index in [2.05, 4.69) is 16.6 Å². The van der Waals surface area contributed by atoms with Crippen molar-refractivity contribution in [1.29, 1.82) is 0 Å². The standard InChI is InChI=1S/C25H27F4N3O3S/c1-14-10-17(5-9-22(14)26)30-24(33)16-4-8-23(27)21(11-16)25(28,29)15(2)32-19-6-7-20(32)13-18(12-19)31-36(3,34)35/h4-5,8-11,18-20,31H,2,6-7,12-13H2,1,3H3,(H,30,33)/t18?,19-,20?/m1/s1. The van der Waals surface area contributed by atoms with E-state index in [9.17, 15) is 22.0 Å². The molecule has 0 aromatic heterocycles. The van der Waals surface area contributed by atoms with Crippen LogP contribution in [0, 0.1) is 18.6 Å². The third-order valence-electron chi connectivity index (χ3n) is 6.77. The summed E-state index contributed by atoms with van der Waals surface area (Å²) in [5, 5.41) is 2.50. The number of carbonyl (C=O) groups excluding carboxylic acids is 1. The first-order chi connectivity index (χ1) is 16.8. The Labute approximate surface area is 207 Å². The first kappa shape index (κ1) is 26.2. The van der Waals surface area contributed by atoms with E-state index in [0.717, 1.165) is 24.5 Å². The number of anilines is 1. The molecule has 2 saturated heterocycles. The number of carbonyl (C=O) groups is 1. The number of aryl methyl sites for hydroxylation is 1. The average molecular weight is 526 g/mol. The number of allylic oxidation sites excluding steroid dienone is 1. The van der Waals surface area contributed by atoms with Gasteiger partial charge < -0.3 is 10.2 Å². The Bertz CT molecular complexity index is 1300. The zero-order valence-electron chi connectivity index (χ0n) is 19.8. The van der Waals surface area contributed by atoms with Gasteiger partial charge in [-0.25, -0.2) is 21.9 Å². The first-order valence-electron chi connectivity index (χ1n) is 11.5. The zero-order valence-corrected chi connectivity index (χ0v) is 20.6. The van der Waals surface area contributed by atoms with Crippen LogP contribution in [0.3, 0.4) is 0 Å². The van der Waals surface area contributed by atoms with E-state index in [1.54, 1.807) is 0 Å². The highest BCUT2D eigenvalue weighted by molar-refractivity contribution is 7.88. The number of rotatable bonds is 7. The zero-order chi connectivity index (χ0) is 26.4. The molecule has 1 amide bonds. The minimum atomic E-state index is -3.81. The van der Waals surface area contributed by atoms with Gasteiger partial charge in [0.25, 0.3) is 5.91 Å². The Kier molecular flexibility index (Phi) is 6.91. The number of halogens is 4. The number of benzene rings is 2. The van der Waals surface area contributed by atoms with Crippen LogP contribution >= 0.6 is 0 Å². The topological polar surface area (TPSA) is 78.5 Å². The van der Waals surface area contributed by atoms with Crippen molar-refractivity contribution >= 4 is 21.6 Å². The molecule has 2 fully saturated rings. The second-order valence-electron chi connectivity index (χ2n) is 9.48. The smallest absolute Gasteiger partial charge is 0.314 e.